The molecule has 1 aliphatic heterocycles. The molecule has 2 atom stereocenters. The Morgan fingerprint density at radius 1 is 0.857 bits per heavy atom. The molecule has 21 heavy (non-hydrogen) atoms. The monoisotopic (exact) mass is 302 g/mol. The van der Waals surface area contributed by atoms with Crippen LogP contribution in [0.2, 0.25) is 0 Å². The van der Waals surface area contributed by atoms with Crippen LogP contribution in [-0.4, -0.2) is 15.3 Å². The summed E-state index contributed by atoms with van der Waals surface area (Å²) in [5.74, 6) is 0. The largest absolute Gasteiger partial charge is 0.341 e. The lowest BCUT2D eigenvalue weighted by atomic mass is 9.80. The molecule has 0 N–H and O–H groups in total. The normalized spacial score (nSPS) is 19.0. The van der Waals surface area contributed by atoms with Crippen LogP contribution in [0.25, 0.3) is 0 Å². The highest BCUT2D eigenvalue weighted by molar-refractivity contribution is 7.18. The van der Waals surface area contributed by atoms with Crippen LogP contribution in [0.3, 0.4) is 0 Å². The van der Waals surface area contributed by atoms with E-state index >= 15 is 0 Å². The van der Waals surface area contributed by atoms with Gasteiger partial charge in [-0.05, 0) is 31.7 Å². The van der Waals surface area contributed by atoms with Crippen LogP contribution >= 0.6 is 9.24 Å². The number of hydrogen-bond acceptors (Lipinski definition) is 2. The molecule has 0 saturated carbocycles. The first-order valence-electron chi connectivity index (χ1n) is 7.44. The van der Waals surface area contributed by atoms with Gasteiger partial charge in [-0.2, -0.15) is 0 Å². The minimum atomic E-state index is -0.231. The molecule has 2 unspecified atom stereocenters. The zero-order valence-corrected chi connectivity index (χ0v) is 15.2. The van der Waals surface area contributed by atoms with Gasteiger partial charge in [0.05, 0.1) is 5.28 Å². The second-order valence-electron chi connectivity index (χ2n) is 7.69. The van der Waals surface area contributed by atoms with Crippen molar-refractivity contribution in [2.45, 2.75) is 52.4 Å². The van der Waals surface area contributed by atoms with E-state index in [0.29, 0.717) is 0 Å². The summed E-state index contributed by atoms with van der Waals surface area (Å²) in [6, 6.07) is 10.6. The zero-order chi connectivity index (χ0) is 15.9. The van der Waals surface area contributed by atoms with Gasteiger partial charge in [0.1, 0.15) is 0 Å². The summed E-state index contributed by atoms with van der Waals surface area (Å²) in [6.45, 7) is 16.9. The van der Waals surface area contributed by atoms with Crippen molar-refractivity contribution in [1.29, 1.82) is 0 Å². The molecule has 0 saturated heterocycles. The van der Waals surface area contributed by atoms with E-state index in [-0.39, 0.29) is 16.2 Å². The summed E-state index contributed by atoms with van der Waals surface area (Å²) in [6.07, 6.45) is 4.23. The highest BCUT2D eigenvalue weighted by Crippen LogP contribution is 2.51. The third kappa shape index (κ3) is 2.97. The summed E-state index contributed by atoms with van der Waals surface area (Å²) < 4.78 is 0. The van der Waals surface area contributed by atoms with Gasteiger partial charge in [0.25, 0.3) is 0 Å². The third-order valence-electron chi connectivity index (χ3n) is 4.04. The molecule has 0 spiro atoms. The minimum absolute atomic E-state index is 0.0320. The minimum Gasteiger partial charge on any atom is -0.341 e. The van der Waals surface area contributed by atoms with E-state index in [0.717, 1.165) is 0 Å². The van der Waals surface area contributed by atoms with Gasteiger partial charge in [-0.15, -0.1) is 9.24 Å². The van der Waals surface area contributed by atoms with Gasteiger partial charge in [-0.3, -0.25) is 0 Å². The lowest BCUT2D eigenvalue weighted by molar-refractivity contribution is 0.105. The van der Waals surface area contributed by atoms with Crippen LogP contribution < -0.4 is 0 Å². The van der Waals surface area contributed by atoms with Crippen LogP contribution in [0.5, 0.6) is 0 Å². The number of benzene rings is 1. The van der Waals surface area contributed by atoms with Gasteiger partial charge >= 0.3 is 0 Å². The van der Waals surface area contributed by atoms with E-state index in [1.807, 2.05) is 0 Å². The Hall–Kier alpha value is -1.01. The van der Waals surface area contributed by atoms with E-state index in [1.165, 1.54) is 5.56 Å². The average molecular weight is 302 g/mol. The molecule has 3 heteroatoms. The standard InChI is InChI=1S/C18H27N2P/c1-16(2,3)18(21,15-10-8-7-9-11-15)20-13-12-19(14-20)17(4,5)6/h7-13H,21H2,1-6H3. The highest BCUT2D eigenvalue weighted by atomic mass is 31.0. The van der Waals surface area contributed by atoms with Crippen molar-refractivity contribution in [3.63, 3.8) is 0 Å². The Bertz CT molecular complexity index is 510. The Morgan fingerprint density at radius 3 is 1.81 bits per heavy atom. The maximum Gasteiger partial charge on any atom is 0.209 e. The average Bonchev–Trinajstić information content (AvgIpc) is 2.87. The fourth-order valence-corrected chi connectivity index (χ4v) is 2.85. The molecule has 0 aromatic heterocycles. The van der Waals surface area contributed by atoms with Crippen molar-refractivity contribution in [2.24, 2.45) is 5.41 Å². The van der Waals surface area contributed by atoms with Crippen LogP contribution in [0.15, 0.2) is 42.7 Å². The van der Waals surface area contributed by atoms with Gasteiger partial charge in [0.15, 0.2) is 0 Å². The first-order valence-corrected chi connectivity index (χ1v) is 8.02. The molecule has 1 aromatic rings. The highest BCUT2D eigenvalue weighted by Gasteiger charge is 2.46. The fourth-order valence-electron chi connectivity index (χ4n) is 2.51. The van der Waals surface area contributed by atoms with Gasteiger partial charge in [-0.25, -0.2) is 0 Å². The summed E-state index contributed by atoms with van der Waals surface area (Å²) in [4.78, 5) is 4.33. The van der Waals surface area contributed by atoms with Crippen molar-refractivity contribution < 1.29 is 0 Å². The van der Waals surface area contributed by atoms with E-state index in [1.54, 1.807) is 0 Å². The predicted octanol–water partition coefficient (Wildman–Crippen LogP) is 4.64. The summed E-state index contributed by atoms with van der Waals surface area (Å²) in [5.41, 5.74) is 1.34. The van der Waals surface area contributed by atoms with Crippen molar-refractivity contribution in [3.8, 4) is 0 Å². The Kier molecular flexibility index (Phi) is 4.14. The molecule has 0 fully saturated rings. The second-order valence-corrected chi connectivity index (χ2v) is 8.53. The van der Waals surface area contributed by atoms with Gasteiger partial charge in [-0.1, -0.05) is 51.1 Å². The van der Waals surface area contributed by atoms with Gasteiger partial charge < -0.3 is 9.80 Å². The molecule has 0 aliphatic carbocycles. The topological polar surface area (TPSA) is 6.48 Å². The molecule has 1 heterocycles. The zero-order valence-electron chi connectivity index (χ0n) is 14.0. The molecule has 1 aromatic carbocycles. The lowest BCUT2D eigenvalue weighted by Gasteiger charge is -2.49. The molecule has 0 amide bonds. The predicted molar refractivity (Wildman–Crippen MR) is 93.1 cm³/mol. The molecular weight excluding hydrogens is 275 g/mol. The van der Waals surface area contributed by atoms with Crippen LogP contribution in [-0.2, 0) is 5.28 Å². The molecule has 2 nitrogen and oxygen atoms in total. The number of hydrogen-bond donors (Lipinski definition) is 0. The Morgan fingerprint density at radius 2 is 1.38 bits per heavy atom. The maximum atomic E-state index is 3.51. The van der Waals surface area contributed by atoms with Crippen LogP contribution in [0.4, 0.5) is 0 Å². The maximum absolute atomic E-state index is 3.51. The first-order chi connectivity index (χ1) is 9.57. The smallest absolute Gasteiger partial charge is 0.209 e. The molecule has 114 valence electrons. The van der Waals surface area contributed by atoms with Crippen molar-refractivity contribution in [1.82, 2.24) is 9.80 Å². The Balaban J connectivity index is 2.39. The molecule has 1 aliphatic rings. The lowest BCUT2D eigenvalue weighted by Crippen LogP contribution is -2.48. The summed E-state index contributed by atoms with van der Waals surface area (Å²) >= 11 is 0. The molecule has 2 rings (SSSR count). The van der Waals surface area contributed by atoms with E-state index in [2.05, 4.69) is 110 Å². The first kappa shape index (κ1) is 16.4. The third-order valence-corrected chi connectivity index (χ3v) is 5.52. The quantitative estimate of drug-likeness (QED) is 0.734. The number of rotatable bonds is 2. The summed E-state index contributed by atoms with van der Waals surface area (Å²) in [7, 11) is 3.06. The molecule has 2 radical (unpaired) electrons. The fraction of sp³-hybridized carbons (Fsp3) is 0.500. The van der Waals surface area contributed by atoms with Crippen molar-refractivity contribution >= 4 is 9.24 Å². The van der Waals surface area contributed by atoms with E-state index in [4.69, 9.17) is 0 Å². The Labute approximate surface area is 132 Å². The van der Waals surface area contributed by atoms with Crippen molar-refractivity contribution in [2.75, 3.05) is 0 Å². The van der Waals surface area contributed by atoms with Gasteiger partial charge in [0.2, 0.25) is 6.67 Å². The van der Waals surface area contributed by atoms with Crippen LogP contribution in [0, 0.1) is 12.1 Å². The SMILES string of the molecule is CC(C)(C)N1[C]N(C(P)(c2ccccc2)C(C)(C)C)C=C1. The van der Waals surface area contributed by atoms with E-state index < -0.39 is 0 Å². The van der Waals surface area contributed by atoms with Gasteiger partial charge in [0, 0.05) is 17.9 Å². The second kappa shape index (κ2) is 5.32. The van der Waals surface area contributed by atoms with Crippen molar-refractivity contribution in [3.05, 3.63) is 55.0 Å². The van der Waals surface area contributed by atoms with Crippen LogP contribution in [0.1, 0.15) is 47.1 Å². The molecular formula is C18H27N2P. The number of nitrogens with zero attached hydrogens (tertiary/aromatic N) is 2. The summed E-state index contributed by atoms with van der Waals surface area (Å²) in [5, 5.41) is -0.231. The van der Waals surface area contributed by atoms with E-state index in [9.17, 15) is 0 Å². The molecule has 0 bridgehead atoms.